The van der Waals surface area contributed by atoms with Gasteiger partial charge in [0.15, 0.2) is 5.88 Å². The number of nitrogens with zero attached hydrogens (tertiary/aromatic N) is 1. The fraction of sp³-hybridized carbons (Fsp3) is 0.636. The van der Waals surface area contributed by atoms with E-state index in [2.05, 4.69) is 23.2 Å². The molecular weight excluding hydrogens is 176 g/mol. The molecular formula is C11H18N2O. The van der Waals surface area contributed by atoms with Gasteiger partial charge in [0, 0.05) is 25.2 Å². The van der Waals surface area contributed by atoms with Crippen molar-refractivity contribution in [1.82, 2.24) is 5.32 Å². The first kappa shape index (κ1) is 9.59. The summed E-state index contributed by atoms with van der Waals surface area (Å²) >= 11 is 0. The standard InChI is InChI=1S/C11H18N2O/c1-9-8-13(7-3-6-12-9)11-5-4-10(2)14-11/h4-5,9,12H,3,6-8H2,1-2H3. The largest absolute Gasteiger partial charge is 0.446 e. The Morgan fingerprint density at radius 3 is 3.07 bits per heavy atom. The van der Waals surface area contributed by atoms with E-state index in [1.165, 1.54) is 6.42 Å². The van der Waals surface area contributed by atoms with Gasteiger partial charge in [-0.2, -0.15) is 0 Å². The van der Waals surface area contributed by atoms with E-state index in [4.69, 9.17) is 4.42 Å². The molecule has 0 aromatic carbocycles. The predicted molar refractivity (Wildman–Crippen MR) is 57.7 cm³/mol. The van der Waals surface area contributed by atoms with E-state index in [1.54, 1.807) is 0 Å². The highest BCUT2D eigenvalue weighted by Gasteiger charge is 2.16. The van der Waals surface area contributed by atoms with Gasteiger partial charge in [-0.15, -0.1) is 0 Å². The quantitative estimate of drug-likeness (QED) is 0.738. The van der Waals surface area contributed by atoms with Crippen LogP contribution in [0.4, 0.5) is 5.88 Å². The van der Waals surface area contributed by atoms with Crippen molar-refractivity contribution in [2.45, 2.75) is 26.3 Å². The molecule has 1 N–H and O–H groups in total. The van der Waals surface area contributed by atoms with Gasteiger partial charge >= 0.3 is 0 Å². The molecule has 1 unspecified atom stereocenters. The number of furan rings is 1. The van der Waals surface area contributed by atoms with Crippen LogP contribution in [0.25, 0.3) is 0 Å². The molecule has 1 fully saturated rings. The minimum atomic E-state index is 0.544. The molecule has 78 valence electrons. The molecule has 14 heavy (non-hydrogen) atoms. The van der Waals surface area contributed by atoms with Crippen LogP contribution >= 0.6 is 0 Å². The maximum absolute atomic E-state index is 5.62. The maximum Gasteiger partial charge on any atom is 0.195 e. The average Bonchev–Trinajstić information content (AvgIpc) is 2.45. The summed E-state index contributed by atoms with van der Waals surface area (Å²) in [5.41, 5.74) is 0. The van der Waals surface area contributed by atoms with Crippen LogP contribution in [-0.2, 0) is 0 Å². The molecule has 1 saturated heterocycles. The van der Waals surface area contributed by atoms with Gasteiger partial charge in [-0.1, -0.05) is 0 Å². The van der Waals surface area contributed by atoms with Crippen LogP contribution in [0.15, 0.2) is 16.5 Å². The first-order valence-corrected chi connectivity index (χ1v) is 5.30. The Morgan fingerprint density at radius 1 is 1.50 bits per heavy atom. The zero-order valence-electron chi connectivity index (χ0n) is 8.92. The monoisotopic (exact) mass is 194 g/mol. The van der Waals surface area contributed by atoms with Crippen LogP contribution in [0, 0.1) is 6.92 Å². The van der Waals surface area contributed by atoms with Crippen molar-refractivity contribution in [3.8, 4) is 0 Å². The third kappa shape index (κ3) is 2.10. The van der Waals surface area contributed by atoms with Crippen molar-refractivity contribution in [3.05, 3.63) is 17.9 Å². The zero-order chi connectivity index (χ0) is 9.97. The molecule has 1 aromatic rings. The Kier molecular flexibility index (Phi) is 2.77. The number of nitrogens with one attached hydrogen (secondary N) is 1. The van der Waals surface area contributed by atoms with E-state index in [0.717, 1.165) is 31.3 Å². The normalized spacial score (nSPS) is 23.6. The first-order valence-electron chi connectivity index (χ1n) is 5.30. The highest BCUT2D eigenvalue weighted by Crippen LogP contribution is 2.19. The van der Waals surface area contributed by atoms with Gasteiger partial charge in [-0.05, 0) is 32.9 Å². The molecule has 0 bridgehead atoms. The molecule has 1 aliphatic rings. The van der Waals surface area contributed by atoms with E-state index >= 15 is 0 Å². The van der Waals surface area contributed by atoms with Crippen molar-refractivity contribution in [1.29, 1.82) is 0 Å². The minimum absolute atomic E-state index is 0.544. The van der Waals surface area contributed by atoms with E-state index < -0.39 is 0 Å². The van der Waals surface area contributed by atoms with Crippen LogP contribution in [0.3, 0.4) is 0 Å². The first-order chi connectivity index (χ1) is 6.75. The summed E-state index contributed by atoms with van der Waals surface area (Å²) in [5, 5.41) is 3.47. The number of anilines is 1. The van der Waals surface area contributed by atoms with E-state index in [1.807, 2.05) is 13.0 Å². The molecule has 0 saturated carbocycles. The second kappa shape index (κ2) is 4.05. The minimum Gasteiger partial charge on any atom is -0.446 e. The van der Waals surface area contributed by atoms with E-state index in [9.17, 15) is 0 Å². The smallest absolute Gasteiger partial charge is 0.195 e. The molecule has 3 nitrogen and oxygen atoms in total. The lowest BCUT2D eigenvalue weighted by Gasteiger charge is -2.21. The molecule has 0 radical (unpaired) electrons. The van der Waals surface area contributed by atoms with Crippen molar-refractivity contribution in [3.63, 3.8) is 0 Å². The van der Waals surface area contributed by atoms with Gasteiger partial charge in [-0.3, -0.25) is 0 Å². The molecule has 1 aliphatic heterocycles. The molecule has 0 spiro atoms. The molecule has 0 amide bonds. The number of hydrogen-bond donors (Lipinski definition) is 1. The van der Waals surface area contributed by atoms with Gasteiger partial charge in [0.1, 0.15) is 5.76 Å². The highest BCUT2D eigenvalue weighted by molar-refractivity contribution is 5.36. The lowest BCUT2D eigenvalue weighted by atomic mass is 10.3. The number of hydrogen-bond acceptors (Lipinski definition) is 3. The topological polar surface area (TPSA) is 28.4 Å². The van der Waals surface area contributed by atoms with E-state index in [0.29, 0.717) is 6.04 Å². The maximum atomic E-state index is 5.62. The van der Waals surface area contributed by atoms with Crippen LogP contribution < -0.4 is 10.2 Å². The number of rotatable bonds is 1. The summed E-state index contributed by atoms with van der Waals surface area (Å²) in [7, 11) is 0. The molecule has 1 aromatic heterocycles. The Hall–Kier alpha value is -0.960. The summed E-state index contributed by atoms with van der Waals surface area (Å²) < 4.78 is 5.62. The Labute approximate surface area is 85.1 Å². The van der Waals surface area contributed by atoms with E-state index in [-0.39, 0.29) is 0 Å². The Bertz CT molecular complexity index is 295. The Balaban J connectivity index is 2.08. The van der Waals surface area contributed by atoms with Gasteiger partial charge in [0.25, 0.3) is 0 Å². The van der Waals surface area contributed by atoms with Gasteiger partial charge in [-0.25, -0.2) is 0 Å². The van der Waals surface area contributed by atoms with Gasteiger partial charge in [0.05, 0.1) is 0 Å². The fourth-order valence-corrected chi connectivity index (χ4v) is 1.90. The van der Waals surface area contributed by atoms with Crippen molar-refractivity contribution < 1.29 is 4.42 Å². The summed E-state index contributed by atoms with van der Waals surface area (Å²) in [6.45, 7) is 7.44. The lowest BCUT2D eigenvalue weighted by molar-refractivity contribution is 0.508. The van der Waals surface area contributed by atoms with Crippen molar-refractivity contribution in [2.24, 2.45) is 0 Å². The third-order valence-corrected chi connectivity index (χ3v) is 2.63. The van der Waals surface area contributed by atoms with Gasteiger partial charge in [0.2, 0.25) is 0 Å². The molecule has 2 heterocycles. The van der Waals surface area contributed by atoms with Crippen molar-refractivity contribution in [2.75, 3.05) is 24.5 Å². The lowest BCUT2D eigenvalue weighted by Crippen LogP contribution is -2.35. The van der Waals surface area contributed by atoms with Crippen LogP contribution in [-0.4, -0.2) is 25.7 Å². The summed E-state index contributed by atoms with van der Waals surface area (Å²) in [6.07, 6.45) is 1.18. The second-order valence-corrected chi connectivity index (χ2v) is 4.04. The second-order valence-electron chi connectivity index (χ2n) is 4.04. The highest BCUT2D eigenvalue weighted by atomic mass is 16.4. The molecule has 0 aliphatic carbocycles. The molecule has 1 atom stereocenters. The average molecular weight is 194 g/mol. The summed E-state index contributed by atoms with van der Waals surface area (Å²) in [5.74, 6) is 2.00. The van der Waals surface area contributed by atoms with Gasteiger partial charge < -0.3 is 14.6 Å². The van der Waals surface area contributed by atoms with Crippen LogP contribution in [0.5, 0.6) is 0 Å². The Morgan fingerprint density at radius 2 is 2.36 bits per heavy atom. The molecule has 2 rings (SSSR count). The zero-order valence-corrected chi connectivity index (χ0v) is 8.92. The number of aryl methyl sites for hydroxylation is 1. The van der Waals surface area contributed by atoms with Crippen LogP contribution in [0.2, 0.25) is 0 Å². The molecule has 3 heteroatoms. The predicted octanol–water partition coefficient (Wildman–Crippen LogP) is 1.78. The summed E-state index contributed by atoms with van der Waals surface area (Å²) in [6, 6.07) is 4.63. The van der Waals surface area contributed by atoms with Crippen molar-refractivity contribution >= 4 is 5.88 Å². The third-order valence-electron chi connectivity index (χ3n) is 2.63. The van der Waals surface area contributed by atoms with Crippen LogP contribution in [0.1, 0.15) is 19.1 Å². The summed E-state index contributed by atoms with van der Waals surface area (Å²) in [4.78, 5) is 2.32. The SMILES string of the molecule is Cc1ccc(N2CCCNC(C)C2)o1. The fourth-order valence-electron chi connectivity index (χ4n) is 1.90.